The number of hydrogen-bond acceptors (Lipinski definition) is 3. The van der Waals surface area contributed by atoms with E-state index < -0.39 is 10.0 Å². The Bertz CT molecular complexity index is 703. The monoisotopic (exact) mass is 343 g/mol. The summed E-state index contributed by atoms with van der Waals surface area (Å²) in [6.07, 6.45) is 0. The summed E-state index contributed by atoms with van der Waals surface area (Å²) in [4.78, 5) is 0.201. The summed E-state index contributed by atoms with van der Waals surface area (Å²) in [5, 5.41) is 6.59. The van der Waals surface area contributed by atoms with Crippen LogP contribution < -0.4 is 4.72 Å². The first-order valence-corrected chi connectivity index (χ1v) is 7.89. The quantitative estimate of drug-likeness (QED) is 0.899. The van der Waals surface area contributed by atoms with Crippen molar-refractivity contribution < 1.29 is 8.42 Å². The van der Waals surface area contributed by atoms with E-state index in [1.807, 2.05) is 19.1 Å². The lowest BCUT2D eigenvalue weighted by atomic mass is 10.2. The van der Waals surface area contributed by atoms with Crippen LogP contribution in [-0.2, 0) is 10.0 Å². The van der Waals surface area contributed by atoms with Gasteiger partial charge in [-0.15, -0.1) is 0 Å². The smallest absolute Gasteiger partial charge is 0.265 e. The Labute approximate surface area is 120 Å². The number of nitrogens with zero attached hydrogens (tertiary/aromatic N) is 1. The molecule has 2 N–H and O–H groups in total. The van der Waals surface area contributed by atoms with Crippen LogP contribution >= 0.6 is 15.9 Å². The Hall–Kier alpha value is -1.34. The highest BCUT2D eigenvalue weighted by Crippen LogP contribution is 2.25. The van der Waals surface area contributed by atoms with Gasteiger partial charge < -0.3 is 0 Å². The van der Waals surface area contributed by atoms with Crippen molar-refractivity contribution in [1.82, 2.24) is 10.2 Å². The summed E-state index contributed by atoms with van der Waals surface area (Å²) in [5.74, 6) is 0. The minimum absolute atomic E-state index is 0.201. The van der Waals surface area contributed by atoms with Crippen molar-refractivity contribution in [2.45, 2.75) is 25.7 Å². The van der Waals surface area contributed by atoms with Gasteiger partial charge in [-0.05, 0) is 38.5 Å². The average Bonchev–Trinajstić information content (AvgIpc) is 2.64. The number of sulfonamides is 1. The largest absolute Gasteiger partial charge is 0.281 e. The first-order chi connectivity index (χ1) is 8.81. The van der Waals surface area contributed by atoms with Crippen molar-refractivity contribution in [2.75, 3.05) is 4.72 Å². The molecular weight excluding hydrogens is 330 g/mol. The average molecular weight is 344 g/mol. The summed E-state index contributed by atoms with van der Waals surface area (Å²) in [6.45, 7) is 5.19. The lowest BCUT2D eigenvalue weighted by Gasteiger charge is -2.11. The molecule has 2 rings (SSSR count). The zero-order valence-electron chi connectivity index (χ0n) is 10.8. The van der Waals surface area contributed by atoms with E-state index in [-0.39, 0.29) is 4.90 Å². The minimum atomic E-state index is -3.64. The molecule has 0 radical (unpaired) electrons. The molecule has 1 heterocycles. The predicted octanol–water partition coefficient (Wildman–Crippen LogP) is 2.90. The Kier molecular flexibility index (Phi) is 3.69. The Morgan fingerprint density at radius 3 is 2.53 bits per heavy atom. The van der Waals surface area contributed by atoms with E-state index in [9.17, 15) is 8.42 Å². The fraction of sp³-hybridized carbons (Fsp3) is 0.250. The minimum Gasteiger partial charge on any atom is -0.281 e. The van der Waals surface area contributed by atoms with E-state index in [1.54, 1.807) is 19.9 Å². The molecule has 19 heavy (non-hydrogen) atoms. The number of rotatable bonds is 3. The van der Waals surface area contributed by atoms with Gasteiger partial charge in [0.05, 0.1) is 17.1 Å². The predicted molar refractivity (Wildman–Crippen MR) is 77.7 cm³/mol. The molecule has 1 aromatic heterocycles. The molecule has 0 fully saturated rings. The zero-order chi connectivity index (χ0) is 14.2. The Balaban J connectivity index is 2.45. The lowest BCUT2D eigenvalue weighted by Crippen LogP contribution is -2.15. The molecule has 1 aromatic carbocycles. The van der Waals surface area contributed by atoms with Crippen LogP contribution in [0.5, 0.6) is 0 Å². The summed E-state index contributed by atoms with van der Waals surface area (Å²) >= 11 is 3.33. The second-order valence-electron chi connectivity index (χ2n) is 4.33. The highest BCUT2D eigenvalue weighted by Gasteiger charge is 2.22. The number of anilines is 1. The number of nitrogens with one attached hydrogen (secondary N) is 2. The third kappa shape index (κ3) is 2.82. The van der Waals surface area contributed by atoms with Gasteiger partial charge >= 0.3 is 0 Å². The molecule has 0 bridgehead atoms. The standard InChI is InChI=1S/C12H14BrN3O2S/c1-7-4-5-10(13)6-11(7)16-19(17,18)12-8(2)14-15-9(12)3/h4-6,16H,1-3H3,(H,14,15). The number of aromatic amines is 1. The van der Waals surface area contributed by atoms with Crippen molar-refractivity contribution in [2.24, 2.45) is 0 Å². The van der Waals surface area contributed by atoms with Crippen molar-refractivity contribution in [3.8, 4) is 0 Å². The zero-order valence-corrected chi connectivity index (χ0v) is 13.2. The molecule has 2 aromatic rings. The van der Waals surface area contributed by atoms with Crippen molar-refractivity contribution >= 4 is 31.6 Å². The van der Waals surface area contributed by atoms with Gasteiger partial charge in [0.2, 0.25) is 0 Å². The van der Waals surface area contributed by atoms with E-state index in [0.717, 1.165) is 10.0 Å². The third-order valence-electron chi connectivity index (χ3n) is 2.77. The van der Waals surface area contributed by atoms with Crippen LogP contribution in [0.25, 0.3) is 0 Å². The van der Waals surface area contributed by atoms with Crippen LogP contribution in [0, 0.1) is 20.8 Å². The molecule has 0 saturated carbocycles. The fourth-order valence-electron chi connectivity index (χ4n) is 1.84. The third-order valence-corrected chi connectivity index (χ3v) is 4.89. The van der Waals surface area contributed by atoms with Crippen LogP contribution in [0.15, 0.2) is 27.6 Å². The number of hydrogen-bond donors (Lipinski definition) is 2. The summed E-state index contributed by atoms with van der Waals surface area (Å²) in [5.41, 5.74) is 2.38. The molecule has 0 saturated heterocycles. The van der Waals surface area contributed by atoms with Crippen molar-refractivity contribution in [1.29, 1.82) is 0 Å². The van der Waals surface area contributed by atoms with Gasteiger partial charge in [0.1, 0.15) is 4.90 Å². The van der Waals surface area contributed by atoms with Gasteiger partial charge in [0.25, 0.3) is 10.0 Å². The van der Waals surface area contributed by atoms with Crippen LogP contribution in [0.2, 0.25) is 0 Å². The molecule has 0 aliphatic heterocycles. The van der Waals surface area contributed by atoms with Gasteiger partial charge in [-0.3, -0.25) is 9.82 Å². The van der Waals surface area contributed by atoms with Gasteiger partial charge in [0, 0.05) is 4.47 Å². The fourth-order valence-corrected chi connectivity index (χ4v) is 3.69. The number of aryl methyl sites for hydroxylation is 3. The maximum Gasteiger partial charge on any atom is 0.265 e. The van der Waals surface area contributed by atoms with Crippen LogP contribution in [0.3, 0.4) is 0 Å². The van der Waals surface area contributed by atoms with E-state index >= 15 is 0 Å². The highest BCUT2D eigenvalue weighted by molar-refractivity contribution is 9.10. The summed E-state index contributed by atoms with van der Waals surface area (Å²) < 4.78 is 28.2. The van der Waals surface area contributed by atoms with Gasteiger partial charge in [-0.25, -0.2) is 8.42 Å². The van der Waals surface area contributed by atoms with E-state index in [1.165, 1.54) is 0 Å². The maximum absolute atomic E-state index is 12.4. The molecule has 0 spiro atoms. The second kappa shape index (κ2) is 4.97. The molecule has 5 nitrogen and oxygen atoms in total. The van der Waals surface area contributed by atoms with Crippen LogP contribution in [0.1, 0.15) is 17.0 Å². The van der Waals surface area contributed by atoms with E-state index in [0.29, 0.717) is 17.1 Å². The summed E-state index contributed by atoms with van der Waals surface area (Å²) in [6, 6.07) is 5.44. The van der Waals surface area contributed by atoms with Gasteiger partial charge in [0.15, 0.2) is 0 Å². The number of halogens is 1. The lowest BCUT2D eigenvalue weighted by molar-refractivity contribution is 0.600. The topological polar surface area (TPSA) is 74.8 Å². The second-order valence-corrected chi connectivity index (χ2v) is 6.86. The number of aromatic nitrogens is 2. The first-order valence-electron chi connectivity index (χ1n) is 5.62. The highest BCUT2D eigenvalue weighted by atomic mass is 79.9. The molecule has 102 valence electrons. The molecule has 0 aliphatic carbocycles. The SMILES string of the molecule is Cc1ccc(Br)cc1NS(=O)(=O)c1c(C)n[nH]c1C. The normalized spacial score (nSPS) is 11.6. The molecule has 0 amide bonds. The number of benzene rings is 1. The Morgan fingerprint density at radius 2 is 1.95 bits per heavy atom. The van der Waals surface area contributed by atoms with Crippen LogP contribution in [0.4, 0.5) is 5.69 Å². The molecule has 0 unspecified atom stereocenters. The van der Waals surface area contributed by atoms with Crippen molar-refractivity contribution in [3.63, 3.8) is 0 Å². The first kappa shape index (κ1) is 14.1. The van der Waals surface area contributed by atoms with Gasteiger partial charge in [-0.2, -0.15) is 5.10 Å². The van der Waals surface area contributed by atoms with E-state index in [2.05, 4.69) is 30.8 Å². The van der Waals surface area contributed by atoms with Gasteiger partial charge in [-0.1, -0.05) is 22.0 Å². The summed E-state index contributed by atoms with van der Waals surface area (Å²) in [7, 11) is -3.64. The molecule has 0 atom stereocenters. The molecule has 0 aliphatic rings. The number of H-pyrrole nitrogens is 1. The Morgan fingerprint density at radius 1 is 1.26 bits per heavy atom. The van der Waals surface area contributed by atoms with Crippen LogP contribution in [-0.4, -0.2) is 18.6 Å². The van der Waals surface area contributed by atoms with E-state index in [4.69, 9.17) is 0 Å². The van der Waals surface area contributed by atoms with Crippen molar-refractivity contribution in [3.05, 3.63) is 39.6 Å². The molecular formula is C12H14BrN3O2S. The molecule has 7 heteroatoms. The maximum atomic E-state index is 12.4.